The monoisotopic (exact) mass is 460 g/mol. The number of hydrogen-bond acceptors (Lipinski definition) is 6. The van der Waals surface area contributed by atoms with Gasteiger partial charge in [0.05, 0.1) is 6.54 Å². The van der Waals surface area contributed by atoms with Crippen molar-refractivity contribution in [1.82, 2.24) is 20.9 Å². The molecule has 1 aromatic heterocycles. The van der Waals surface area contributed by atoms with Crippen molar-refractivity contribution in [2.24, 2.45) is 11.5 Å². The molecule has 0 aliphatic carbocycles. The normalized spacial score (nSPS) is 13.5. The van der Waals surface area contributed by atoms with Gasteiger partial charge in [-0.15, -0.1) is 0 Å². The van der Waals surface area contributed by atoms with Gasteiger partial charge >= 0.3 is 5.97 Å². The Morgan fingerprint density at radius 2 is 1.70 bits per heavy atom. The van der Waals surface area contributed by atoms with Gasteiger partial charge in [0.1, 0.15) is 18.1 Å². The third-order valence-corrected chi connectivity index (χ3v) is 4.98. The maximum Gasteiger partial charge on any atom is 0.326 e. The highest BCUT2D eigenvalue weighted by atomic mass is 16.4. The molecule has 33 heavy (non-hydrogen) atoms. The third-order valence-electron chi connectivity index (χ3n) is 4.98. The lowest BCUT2D eigenvalue weighted by molar-refractivity contribution is -0.142. The molecule has 0 radical (unpaired) electrons. The zero-order valence-electron chi connectivity index (χ0n) is 18.1. The summed E-state index contributed by atoms with van der Waals surface area (Å²) in [5.41, 5.74) is 11.9. The van der Waals surface area contributed by atoms with Gasteiger partial charge in [-0.25, -0.2) is 4.79 Å². The summed E-state index contributed by atoms with van der Waals surface area (Å²) >= 11 is 0. The smallest absolute Gasteiger partial charge is 0.326 e. The molecule has 0 spiro atoms. The summed E-state index contributed by atoms with van der Waals surface area (Å²) in [7, 11) is 0. The number of carbonyl (C=O) groups is 5. The van der Waals surface area contributed by atoms with Crippen LogP contribution in [0.1, 0.15) is 25.3 Å². The van der Waals surface area contributed by atoms with Crippen molar-refractivity contribution < 1.29 is 29.1 Å². The number of hydrogen-bond donors (Lipinski definition) is 7. The Kier molecular flexibility index (Phi) is 8.92. The van der Waals surface area contributed by atoms with Crippen LogP contribution in [-0.4, -0.2) is 64.4 Å². The van der Waals surface area contributed by atoms with Crippen molar-refractivity contribution >= 4 is 40.5 Å². The zero-order chi connectivity index (χ0) is 24.5. The number of carboxylic acid groups (broad SMARTS) is 1. The molecule has 0 aliphatic heterocycles. The van der Waals surface area contributed by atoms with Crippen LogP contribution in [-0.2, 0) is 30.4 Å². The van der Waals surface area contributed by atoms with Gasteiger partial charge in [-0.2, -0.15) is 0 Å². The molecule has 1 heterocycles. The molecule has 9 N–H and O–H groups in total. The summed E-state index contributed by atoms with van der Waals surface area (Å²) in [5, 5.41) is 17.5. The van der Waals surface area contributed by atoms with Crippen LogP contribution in [0.25, 0.3) is 10.9 Å². The van der Waals surface area contributed by atoms with Crippen LogP contribution in [0.2, 0.25) is 0 Å². The van der Waals surface area contributed by atoms with Crippen molar-refractivity contribution in [3.05, 3.63) is 36.0 Å². The summed E-state index contributed by atoms with van der Waals surface area (Å²) in [6.07, 6.45) is 1.30. The predicted molar refractivity (Wildman–Crippen MR) is 119 cm³/mol. The molecule has 178 valence electrons. The number of benzene rings is 1. The van der Waals surface area contributed by atoms with Crippen LogP contribution in [0.5, 0.6) is 0 Å². The highest BCUT2D eigenvalue weighted by Gasteiger charge is 2.29. The number of para-hydroxylation sites is 1. The molecule has 1 aromatic carbocycles. The van der Waals surface area contributed by atoms with Gasteiger partial charge in [-0.1, -0.05) is 18.2 Å². The van der Waals surface area contributed by atoms with Crippen LogP contribution < -0.4 is 27.4 Å². The molecule has 2 aromatic rings. The number of nitrogens with two attached hydrogens (primary N) is 2. The second-order valence-corrected chi connectivity index (χ2v) is 7.52. The van der Waals surface area contributed by atoms with Gasteiger partial charge in [0.25, 0.3) is 0 Å². The first-order valence-electron chi connectivity index (χ1n) is 10.3. The largest absolute Gasteiger partial charge is 0.480 e. The lowest BCUT2D eigenvalue weighted by Gasteiger charge is -2.23. The second-order valence-electron chi connectivity index (χ2n) is 7.52. The third kappa shape index (κ3) is 7.31. The summed E-state index contributed by atoms with van der Waals surface area (Å²) in [5.74, 6) is -4.01. The molecule has 2 rings (SSSR count). The van der Waals surface area contributed by atoms with E-state index >= 15 is 0 Å². The van der Waals surface area contributed by atoms with Crippen molar-refractivity contribution in [2.75, 3.05) is 6.54 Å². The van der Waals surface area contributed by atoms with Gasteiger partial charge in [0.15, 0.2) is 0 Å². The second kappa shape index (κ2) is 11.6. The fraction of sp³-hybridized carbons (Fsp3) is 0.381. The maximum atomic E-state index is 13.0. The van der Waals surface area contributed by atoms with E-state index in [2.05, 4.69) is 20.9 Å². The van der Waals surface area contributed by atoms with Gasteiger partial charge in [-0.3, -0.25) is 19.2 Å². The van der Waals surface area contributed by atoms with E-state index in [0.29, 0.717) is 5.56 Å². The summed E-state index contributed by atoms with van der Waals surface area (Å²) in [6.45, 7) is 1.12. The van der Waals surface area contributed by atoms with E-state index in [1.54, 1.807) is 6.20 Å². The highest BCUT2D eigenvalue weighted by Crippen LogP contribution is 2.19. The van der Waals surface area contributed by atoms with E-state index in [4.69, 9.17) is 11.5 Å². The summed E-state index contributed by atoms with van der Waals surface area (Å²) in [6, 6.07) is 3.83. The zero-order valence-corrected chi connectivity index (χ0v) is 18.1. The number of amides is 4. The average molecular weight is 460 g/mol. The van der Waals surface area contributed by atoms with E-state index in [9.17, 15) is 29.1 Å². The predicted octanol–water partition coefficient (Wildman–Crippen LogP) is -1.51. The van der Waals surface area contributed by atoms with Gasteiger partial charge in [-0.05, 0) is 25.0 Å². The minimum Gasteiger partial charge on any atom is -0.480 e. The number of nitrogens with one attached hydrogen (secondary N) is 4. The molecular formula is C21H28N6O6. The molecule has 3 atom stereocenters. The minimum atomic E-state index is -1.37. The molecule has 0 saturated heterocycles. The fourth-order valence-electron chi connectivity index (χ4n) is 3.21. The van der Waals surface area contributed by atoms with Crippen molar-refractivity contribution in [3.8, 4) is 0 Å². The standard InChI is InChI=1S/C21H28N6O6/c1-11(25-18(29)9-22)19(30)27-16(8-12-10-24-14-5-3-2-4-13(12)14)20(31)26-15(21(32)33)6-7-17(23)28/h2-5,10-11,15-16,24H,6-9,22H2,1H3,(H2,23,28)(H,25,29)(H,26,31)(H,27,30)(H,32,33). The van der Waals surface area contributed by atoms with Crippen molar-refractivity contribution in [3.63, 3.8) is 0 Å². The Bertz CT molecular complexity index is 1040. The van der Waals surface area contributed by atoms with Gasteiger partial charge in [0.2, 0.25) is 23.6 Å². The topological polar surface area (TPSA) is 209 Å². The first-order chi connectivity index (χ1) is 15.6. The minimum absolute atomic E-state index is 0.0430. The van der Waals surface area contributed by atoms with Gasteiger partial charge in [0, 0.05) is 29.9 Å². The van der Waals surface area contributed by atoms with Gasteiger partial charge < -0.3 is 37.5 Å². The molecular weight excluding hydrogens is 432 g/mol. The highest BCUT2D eigenvalue weighted by molar-refractivity contribution is 5.94. The Morgan fingerprint density at radius 1 is 1.03 bits per heavy atom. The van der Waals surface area contributed by atoms with E-state index in [1.165, 1.54) is 6.92 Å². The molecule has 4 amide bonds. The molecule has 0 saturated carbocycles. The number of aliphatic carboxylic acids is 1. The number of aromatic amines is 1. The maximum absolute atomic E-state index is 13.0. The molecule has 0 bridgehead atoms. The van der Waals surface area contributed by atoms with Crippen molar-refractivity contribution in [2.45, 2.75) is 44.3 Å². The van der Waals surface area contributed by atoms with E-state index in [1.807, 2.05) is 24.3 Å². The molecule has 0 aliphatic rings. The summed E-state index contributed by atoms with van der Waals surface area (Å²) < 4.78 is 0. The lowest BCUT2D eigenvalue weighted by atomic mass is 10.0. The quantitative estimate of drug-likeness (QED) is 0.199. The molecule has 0 fully saturated rings. The molecule has 12 heteroatoms. The van der Waals surface area contributed by atoms with Crippen LogP contribution in [0, 0.1) is 0 Å². The van der Waals surface area contributed by atoms with Crippen LogP contribution >= 0.6 is 0 Å². The molecule has 12 nitrogen and oxygen atoms in total. The molecule has 3 unspecified atom stereocenters. The Labute approximate surface area is 189 Å². The van der Waals surface area contributed by atoms with E-state index in [-0.39, 0.29) is 25.8 Å². The van der Waals surface area contributed by atoms with Crippen LogP contribution in [0.15, 0.2) is 30.5 Å². The Hall–Kier alpha value is -3.93. The number of fused-ring (bicyclic) bond motifs is 1. The summed E-state index contributed by atoms with van der Waals surface area (Å²) in [4.78, 5) is 62.7. The SMILES string of the molecule is CC(NC(=O)CN)C(=O)NC(Cc1c[nH]c2ccccc12)C(=O)NC(CCC(N)=O)C(=O)O. The van der Waals surface area contributed by atoms with Crippen molar-refractivity contribution in [1.29, 1.82) is 0 Å². The van der Waals surface area contributed by atoms with E-state index < -0.39 is 47.7 Å². The van der Waals surface area contributed by atoms with Crippen LogP contribution in [0.3, 0.4) is 0 Å². The van der Waals surface area contributed by atoms with E-state index in [0.717, 1.165) is 10.9 Å². The number of rotatable bonds is 12. The fourth-order valence-corrected chi connectivity index (χ4v) is 3.21. The lowest BCUT2D eigenvalue weighted by Crippen LogP contribution is -2.56. The first-order valence-corrected chi connectivity index (χ1v) is 10.3. The number of carbonyl (C=O) groups excluding carboxylic acids is 4. The average Bonchev–Trinajstić information content (AvgIpc) is 3.18. The first kappa shape index (κ1) is 25.3. The number of H-pyrrole nitrogens is 1. The van der Waals surface area contributed by atoms with Crippen LogP contribution in [0.4, 0.5) is 0 Å². The number of primary amides is 1. The number of carboxylic acids is 1. The Balaban J connectivity index is 2.23. The number of aromatic nitrogens is 1. The Morgan fingerprint density at radius 3 is 2.33 bits per heavy atom.